The highest BCUT2D eigenvalue weighted by Crippen LogP contribution is 2.23. The van der Waals surface area contributed by atoms with Crippen molar-refractivity contribution in [3.8, 4) is 0 Å². The summed E-state index contributed by atoms with van der Waals surface area (Å²) in [4.78, 5) is 220. The summed E-state index contributed by atoms with van der Waals surface area (Å²) in [6.07, 6.45) is -6.13. The summed E-state index contributed by atoms with van der Waals surface area (Å²) in [5.74, 6) is -18.3. The van der Waals surface area contributed by atoms with E-state index >= 15 is 0 Å². The molecule has 0 unspecified atom stereocenters. The summed E-state index contributed by atoms with van der Waals surface area (Å²) in [7, 11) is 0. The number of rotatable bonds is 49. The Hall–Kier alpha value is -8.32. The number of carbonyl (C=O) groups excluding carboxylic acids is 12. The van der Waals surface area contributed by atoms with Crippen molar-refractivity contribution in [1.82, 2.24) is 31.5 Å². The molecule has 1 heterocycles. The summed E-state index contributed by atoms with van der Waals surface area (Å²) in [5.41, 5.74) is 6.54. The fourth-order valence-corrected chi connectivity index (χ4v) is 10.7. The molecule has 1 aliphatic rings. The van der Waals surface area contributed by atoms with Crippen LogP contribution in [0.25, 0.3) is 0 Å². The van der Waals surface area contributed by atoms with Gasteiger partial charge in [-0.05, 0) is 95.8 Å². The van der Waals surface area contributed by atoms with Gasteiger partial charge in [-0.1, -0.05) is 38.1 Å². The molecule has 1 aromatic carbocycles. The van der Waals surface area contributed by atoms with Crippen LogP contribution in [0.5, 0.6) is 0 Å². The molecule has 516 valence electrons. The number of hydrogen-bond acceptors (Lipinski definition) is 20. The summed E-state index contributed by atoms with van der Waals surface area (Å²) in [6.45, 7) is 5.88. The van der Waals surface area contributed by atoms with E-state index in [9.17, 15) is 102 Å². The molecule has 1 aliphatic heterocycles. The maximum absolute atomic E-state index is 14.3. The van der Waals surface area contributed by atoms with Crippen LogP contribution in [-0.2, 0) is 87.9 Å². The molecule has 93 heavy (non-hydrogen) atoms. The number of carboxylic acid groups (broad SMARTS) is 5. The van der Waals surface area contributed by atoms with E-state index in [2.05, 4.69) is 26.6 Å². The minimum absolute atomic E-state index is 0.0268. The topological polar surface area (TPSA) is 490 Å². The predicted octanol–water partition coefficient (Wildman–Crippen LogP) is 1.36. The number of nitrogens with two attached hydrogens (primary N) is 1. The van der Waals surface area contributed by atoms with Gasteiger partial charge in [-0.2, -0.15) is 11.8 Å². The van der Waals surface area contributed by atoms with E-state index in [4.69, 9.17) is 15.6 Å². The van der Waals surface area contributed by atoms with Gasteiger partial charge in [0.05, 0.1) is 36.3 Å². The fraction of sp³-hybridized carbons (Fsp3) is 0.629. The summed E-state index contributed by atoms with van der Waals surface area (Å²) >= 11 is 1.37. The molecule has 0 bridgehead atoms. The van der Waals surface area contributed by atoms with Crippen molar-refractivity contribution < 1.29 is 112 Å². The van der Waals surface area contributed by atoms with E-state index in [-0.39, 0.29) is 82.0 Å². The van der Waals surface area contributed by atoms with Crippen molar-refractivity contribution in [3.05, 3.63) is 35.4 Å². The van der Waals surface area contributed by atoms with Crippen LogP contribution >= 0.6 is 11.8 Å². The Morgan fingerprint density at radius 1 is 0.570 bits per heavy atom. The maximum Gasteiger partial charge on any atom is 0.303 e. The lowest BCUT2D eigenvalue weighted by Gasteiger charge is -2.27. The largest absolute Gasteiger partial charge is 0.481 e. The average Bonchev–Trinajstić information content (AvgIpc) is 1.85. The number of hydrogen-bond donors (Lipinski definition) is 11. The SMILES string of the molecule is CSC[C@H](NC(=O)CCC(=O)[C@H](CC(C)C)NC(=O)[C@@H]1CCCN1C(=O)COCCCC(=O)[C@@H](Cc1ccc(C(C)=O)cc1)NC(=O)[C@@H](CCC(=O)O)CC(=O)[C@@H](CCC(=O)O)NC(=O)[C@@H](CCC(=O)O)CC(=O)[C@@H](CCC(=O)O)NC(=O)[C@H](N)CCC(=O)O)C(C)=O. The third-order valence-electron chi connectivity index (χ3n) is 15.2. The van der Waals surface area contributed by atoms with Crippen LogP contribution in [0.1, 0.15) is 166 Å². The number of thioether (sulfide) groups is 1. The van der Waals surface area contributed by atoms with Crippen molar-refractivity contribution in [1.29, 1.82) is 0 Å². The van der Waals surface area contributed by atoms with Gasteiger partial charge in [-0.25, -0.2) is 0 Å². The zero-order valence-corrected chi connectivity index (χ0v) is 53.9. The minimum atomic E-state index is -1.78. The third-order valence-corrected chi connectivity index (χ3v) is 15.9. The highest BCUT2D eigenvalue weighted by Gasteiger charge is 2.38. The van der Waals surface area contributed by atoms with E-state index in [1.54, 1.807) is 6.26 Å². The molecule has 12 N–H and O–H groups in total. The first-order valence-electron chi connectivity index (χ1n) is 30.7. The normalized spacial score (nSPS) is 15.3. The number of carboxylic acids is 5. The number of likely N-dealkylation sites (tertiary alicyclic amines) is 1. The second-order valence-electron chi connectivity index (χ2n) is 23.4. The molecule has 2 rings (SSSR count). The Labute approximate surface area is 542 Å². The van der Waals surface area contributed by atoms with E-state index in [0.717, 1.165) is 0 Å². The summed E-state index contributed by atoms with van der Waals surface area (Å²) < 4.78 is 5.66. The van der Waals surface area contributed by atoms with Crippen LogP contribution in [0.4, 0.5) is 0 Å². The van der Waals surface area contributed by atoms with Gasteiger partial charge >= 0.3 is 29.8 Å². The van der Waals surface area contributed by atoms with Gasteiger partial charge < -0.3 is 67.5 Å². The van der Waals surface area contributed by atoms with E-state index in [1.165, 1.54) is 54.8 Å². The number of aliphatic carboxylic acids is 5. The lowest BCUT2D eigenvalue weighted by atomic mass is 9.89. The van der Waals surface area contributed by atoms with Gasteiger partial charge in [0, 0.05) is 101 Å². The zero-order valence-electron chi connectivity index (χ0n) is 53.1. The molecule has 1 fully saturated rings. The van der Waals surface area contributed by atoms with Crippen molar-refractivity contribution in [3.63, 3.8) is 0 Å². The number of benzene rings is 1. The fourth-order valence-electron chi connectivity index (χ4n) is 10.0. The molecule has 1 saturated heterocycles. The Kier molecular flexibility index (Phi) is 36.5. The van der Waals surface area contributed by atoms with Gasteiger partial charge in [-0.3, -0.25) is 81.5 Å². The summed E-state index contributed by atoms with van der Waals surface area (Å²) in [5, 5.41) is 59.7. The predicted molar refractivity (Wildman–Crippen MR) is 331 cm³/mol. The molecule has 1 aromatic rings. The molecule has 0 aliphatic carbocycles. The van der Waals surface area contributed by atoms with E-state index < -0.39 is 220 Å². The van der Waals surface area contributed by atoms with Crippen LogP contribution in [0, 0.1) is 17.8 Å². The van der Waals surface area contributed by atoms with E-state index in [1.807, 2.05) is 13.8 Å². The number of Topliss-reactive ketones (excluding diaryl/α,β-unsaturated/α-hetero) is 6. The van der Waals surface area contributed by atoms with Crippen molar-refractivity contribution in [2.24, 2.45) is 23.5 Å². The minimum Gasteiger partial charge on any atom is -0.481 e. The number of nitrogens with one attached hydrogen (secondary N) is 5. The molecule has 0 aromatic heterocycles. The number of ether oxygens (including phenoxy) is 1. The molecule has 0 saturated carbocycles. The molecular weight excluding hydrogens is 1240 g/mol. The van der Waals surface area contributed by atoms with Crippen molar-refractivity contribution in [2.45, 2.75) is 198 Å². The zero-order chi connectivity index (χ0) is 70.1. The van der Waals surface area contributed by atoms with Crippen LogP contribution < -0.4 is 32.3 Å². The number of carbonyl (C=O) groups is 17. The maximum atomic E-state index is 14.3. The molecule has 9 atom stereocenters. The van der Waals surface area contributed by atoms with Crippen LogP contribution in [0.3, 0.4) is 0 Å². The van der Waals surface area contributed by atoms with Gasteiger partial charge in [-0.15, -0.1) is 0 Å². The monoisotopic (exact) mass is 1330 g/mol. The molecular formula is C62H89N7O23S. The first kappa shape index (κ1) is 80.8. The molecule has 0 radical (unpaired) electrons. The third kappa shape index (κ3) is 31.7. The van der Waals surface area contributed by atoms with Crippen LogP contribution in [0.2, 0.25) is 0 Å². The quantitative estimate of drug-likeness (QED) is 0.0324. The summed E-state index contributed by atoms with van der Waals surface area (Å²) in [6, 6.07) is -2.90. The highest BCUT2D eigenvalue weighted by molar-refractivity contribution is 7.98. The Morgan fingerprint density at radius 3 is 1.54 bits per heavy atom. The van der Waals surface area contributed by atoms with Gasteiger partial charge in [0.1, 0.15) is 12.6 Å². The molecule has 6 amide bonds. The lowest BCUT2D eigenvalue weighted by Crippen LogP contribution is -2.52. The second-order valence-corrected chi connectivity index (χ2v) is 24.3. The van der Waals surface area contributed by atoms with Gasteiger partial charge in [0.25, 0.3) is 0 Å². The Morgan fingerprint density at radius 2 is 1.05 bits per heavy atom. The lowest BCUT2D eigenvalue weighted by molar-refractivity contribution is -0.142. The standard InChI is InChI=1S/C62H89N7O23S/c1-34(2)28-44(49(73)19-20-52(76)64-46(33-93-5)36(4)71)68-62(91)47-8-6-26-69(47)53(77)32-92-27-7-9-48(72)45(29-37-10-12-38(13-11-37)35(3)70)67-60(89)40(15-22-55(80)81)31-50(74)42(17-24-57(84)85)65-59(88)39(14-21-54(78)79)30-51(75)43(18-25-58(86)87)66-61(90)41(63)16-23-56(82)83/h10-13,34,39-47H,6-9,14-33,63H2,1-5H3,(H,64,76)(H,65,88)(H,66,90)(H,67,89)(H,68,91)(H,78,79)(H,80,81)(H,82,83)(H,84,85)(H,86,87)/t39-,40-,41+,42+,43+,44-,45+,46-,47-/m0/s1. The molecule has 0 spiro atoms. The first-order valence-corrected chi connectivity index (χ1v) is 32.0. The van der Waals surface area contributed by atoms with E-state index in [0.29, 0.717) is 23.3 Å². The van der Waals surface area contributed by atoms with Gasteiger partial charge in [0.15, 0.2) is 34.7 Å². The number of amides is 6. The van der Waals surface area contributed by atoms with Gasteiger partial charge in [0.2, 0.25) is 35.4 Å². The first-order chi connectivity index (χ1) is 43.7. The molecule has 31 heteroatoms. The van der Waals surface area contributed by atoms with Crippen molar-refractivity contribution >= 4 is 112 Å². The number of ketones is 6. The van der Waals surface area contributed by atoms with Crippen LogP contribution in [0.15, 0.2) is 24.3 Å². The Balaban J connectivity index is 2.34. The highest BCUT2D eigenvalue weighted by atomic mass is 32.2. The average molecular weight is 1330 g/mol. The Bertz CT molecular complexity index is 2850. The number of nitrogens with zero attached hydrogens (tertiary/aromatic N) is 1. The second kappa shape index (κ2) is 42.0. The smallest absolute Gasteiger partial charge is 0.303 e. The van der Waals surface area contributed by atoms with Crippen molar-refractivity contribution in [2.75, 3.05) is 31.8 Å². The molecule has 30 nitrogen and oxygen atoms in total. The van der Waals surface area contributed by atoms with Crippen LogP contribution in [-0.4, -0.2) is 204 Å².